The largest absolute Gasteiger partial charge is 0.405 e. The molecule has 1 fully saturated rings. The van der Waals surface area contributed by atoms with Crippen LogP contribution >= 0.6 is 0 Å². The number of hydrogen-bond acceptors (Lipinski definition) is 3. The summed E-state index contributed by atoms with van der Waals surface area (Å²) >= 11 is 0. The maximum Gasteiger partial charge on any atom is 0.405 e. The summed E-state index contributed by atoms with van der Waals surface area (Å²) in [4.78, 5) is 13.7. The maximum atomic E-state index is 12.1. The van der Waals surface area contributed by atoms with Crippen LogP contribution in [0.4, 0.5) is 13.2 Å². The number of nitrogens with one attached hydrogen (secondary N) is 2. The normalized spacial score (nSPS) is 19.1. The molecule has 4 nitrogen and oxygen atoms in total. The number of halogens is 3. The Morgan fingerprint density at radius 3 is 2.50 bits per heavy atom. The summed E-state index contributed by atoms with van der Waals surface area (Å²) in [5, 5.41) is 5.23. The molecular formula is C13H24F3N3O. The fourth-order valence-electron chi connectivity index (χ4n) is 2.46. The van der Waals surface area contributed by atoms with E-state index >= 15 is 0 Å². The first kappa shape index (κ1) is 17.2. The standard InChI is InChI=1S/C13H24F3N3O/c1-3-19(8-11-4-6-17-7-5-11)10(2)12(20)18-9-13(14,15)16/h10-11,17H,3-9H2,1-2H3,(H,18,20). The molecule has 1 heterocycles. The summed E-state index contributed by atoms with van der Waals surface area (Å²) in [5.74, 6) is -0.0489. The summed E-state index contributed by atoms with van der Waals surface area (Å²) < 4.78 is 36.3. The highest BCUT2D eigenvalue weighted by Gasteiger charge is 2.30. The Balaban J connectivity index is 2.44. The van der Waals surface area contributed by atoms with E-state index in [4.69, 9.17) is 0 Å². The Bertz CT molecular complexity index is 304. The minimum Gasteiger partial charge on any atom is -0.346 e. The predicted molar refractivity (Wildman–Crippen MR) is 71.4 cm³/mol. The molecule has 1 aliphatic heterocycles. The molecule has 0 aromatic carbocycles. The van der Waals surface area contributed by atoms with E-state index in [1.165, 1.54) is 0 Å². The monoisotopic (exact) mass is 295 g/mol. The number of nitrogens with zero attached hydrogens (tertiary/aromatic N) is 1. The van der Waals surface area contributed by atoms with Gasteiger partial charge in [-0.25, -0.2) is 0 Å². The van der Waals surface area contributed by atoms with Gasteiger partial charge in [0.2, 0.25) is 5.91 Å². The molecule has 1 amide bonds. The van der Waals surface area contributed by atoms with Crippen LogP contribution in [0.25, 0.3) is 0 Å². The van der Waals surface area contributed by atoms with Crippen LogP contribution in [0.15, 0.2) is 0 Å². The van der Waals surface area contributed by atoms with Gasteiger partial charge in [0.05, 0.1) is 6.04 Å². The molecule has 1 rings (SSSR count). The van der Waals surface area contributed by atoms with Crippen molar-refractivity contribution in [2.24, 2.45) is 5.92 Å². The first-order valence-electron chi connectivity index (χ1n) is 7.12. The number of rotatable bonds is 6. The van der Waals surface area contributed by atoms with E-state index in [9.17, 15) is 18.0 Å². The average Bonchev–Trinajstić information content (AvgIpc) is 2.41. The molecule has 0 saturated carbocycles. The fourth-order valence-corrected chi connectivity index (χ4v) is 2.46. The smallest absolute Gasteiger partial charge is 0.346 e. The highest BCUT2D eigenvalue weighted by Crippen LogP contribution is 2.16. The van der Waals surface area contributed by atoms with E-state index in [2.05, 4.69) is 5.32 Å². The van der Waals surface area contributed by atoms with Crippen LogP contribution in [0.3, 0.4) is 0 Å². The van der Waals surface area contributed by atoms with E-state index in [1.807, 2.05) is 17.1 Å². The van der Waals surface area contributed by atoms with Gasteiger partial charge in [0, 0.05) is 6.54 Å². The second-order valence-corrected chi connectivity index (χ2v) is 5.29. The SMILES string of the molecule is CCN(CC1CCNCC1)C(C)C(=O)NCC(F)(F)F. The van der Waals surface area contributed by atoms with Crippen molar-refractivity contribution in [1.29, 1.82) is 0 Å². The number of likely N-dealkylation sites (N-methyl/N-ethyl adjacent to an activating group) is 1. The summed E-state index contributed by atoms with van der Waals surface area (Å²) in [6.45, 7) is 5.68. The molecule has 0 bridgehead atoms. The third kappa shape index (κ3) is 6.09. The van der Waals surface area contributed by atoms with Gasteiger partial charge in [0.25, 0.3) is 0 Å². The van der Waals surface area contributed by atoms with Gasteiger partial charge in [-0.2, -0.15) is 13.2 Å². The Labute approximate surface area is 118 Å². The minimum absolute atomic E-state index is 0.508. The lowest BCUT2D eigenvalue weighted by Crippen LogP contribution is -2.49. The van der Waals surface area contributed by atoms with Gasteiger partial charge in [0.15, 0.2) is 0 Å². The molecule has 0 aromatic rings. The Morgan fingerprint density at radius 2 is 2.00 bits per heavy atom. The topological polar surface area (TPSA) is 44.4 Å². The van der Waals surface area contributed by atoms with Gasteiger partial charge in [-0.05, 0) is 45.3 Å². The molecule has 118 valence electrons. The van der Waals surface area contributed by atoms with E-state index in [-0.39, 0.29) is 0 Å². The molecule has 0 aromatic heterocycles. The molecule has 20 heavy (non-hydrogen) atoms. The van der Waals surface area contributed by atoms with Crippen molar-refractivity contribution < 1.29 is 18.0 Å². The molecule has 2 N–H and O–H groups in total. The molecule has 0 radical (unpaired) electrons. The summed E-state index contributed by atoms with van der Waals surface area (Å²) in [6.07, 6.45) is -2.26. The van der Waals surface area contributed by atoms with E-state index in [0.717, 1.165) is 32.5 Å². The first-order chi connectivity index (χ1) is 9.33. The fraction of sp³-hybridized carbons (Fsp3) is 0.923. The quantitative estimate of drug-likeness (QED) is 0.778. The summed E-state index contributed by atoms with van der Waals surface area (Å²) in [7, 11) is 0. The third-order valence-electron chi connectivity index (χ3n) is 3.75. The second-order valence-electron chi connectivity index (χ2n) is 5.29. The Hall–Kier alpha value is -0.820. The number of piperidine rings is 1. The van der Waals surface area contributed by atoms with Crippen molar-refractivity contribution in [1.82, 2.24) is 15.5 Å². The van der Waals surface area contributed by atoms with Gasteiger partial charge in [-0.3, -0.25) is 9.69 Å². The highest BCUT2D eigenvalue weighted by molar-refractivity contribution is 5.81. The van der Waals surface area contributed by atoms with Gasteiger partial charge in [-0.15, -0.1) is 0 Å². The average molecular weight is 295 g/mol. The molecule has 1 unspecified atom stereocenters. The lowest BCUT2D eigenvalue weighted by Gasteiger charge is -2.32. The van der Waals surface area contributed by atoms with Crippen LogP contribution in [0.5, 0.6) is 0 Å². The molecule has 1 aliphatic rings. The molecule has 7 heteroatoms. The van der Waals surface area contributed by atoms with Crippen LogP contribution in [0, 0.1) is 5.92 Å². The number of carbonyl (C=O) groups is 1. The minimum atomic E-state index is -4.36. The molecular weight excluding hydrogens is 271 g/mol. The van der Waals surface area contributed by atoms with Crippen LogP contribution in [-0.4, -0.2) is 55.7 Å². The van der Waals surface area contributed by atoms with Crippen molar-refractivity contribution >= 4 is 5.91 Å². The van der Waals surface area contributed by atoms with E-state index < -0.39 is 24.7 Å². The van der Waals surface area contributed by atoms with Gasteiger partial charge in [-0.1, -0.05) is 6.92 Å². The third-order valence-corrected chi connectivity index (χ3v) is 3.75. The lowest BCUT2D eigenvalue weighted by atomic mass is 9.97. The number of hydrogen-bond donors (Lipinski definition) is 2. The summed E-state index contributed by atoms with van der Waals surface area (Å²) in [5.41, 5.74) is 0. The zero-order chi connectivity index (χ0) is 15.2. The highest BCUT2D eigenvalue weighted by atomic mass is 19.4. The van der Waals surface area contributed by atoms with Crippen molar-refractivity contribution in [3.8, 4) is 0 Å². The number of amides is 1. The second kappa shape index (κ2) is 7.83. The lowest BCUT2D eigenvalue weighted by molar-refractivity contribution is -0.141. The molecule has 0 spiro atoms. The Kier molecular flexibility index (Phi) is 6.75. The van der Waals surface area contributed by atoms with E-state index in [1.54, 1.807) is 6.92 Å². The van der Waals surface area contributed by atoms with Crippen molar-refractivity contribution in [2.75, 3.05) is 32.7 Å². The predicted octanol–water partition coefficient (Wildman–Crippen LogP) is 1.37. The first-order valence-corrected chi connectivity index (χ1v) is 7.12. The maximum absolute atomic E-state index is 12.1. The summed E-state index contributed by atoms with van der Waals surface area (Å²) in [6, 6.07) is -0.530. The molecule has 1 atom stereocenters. The van der Waals surface area contributed by atoms with Crippen LogP contribution in [0.2, 0.25) is 0 Å². The zero-order valence-corrected chi connectivity index (χ0v) is 12.1. The van der Waals surface area contributed by atoms with E-state index in [0.29, 0.717) is 12.5 Å². The number of carbonyl (C=O) groups excluding carboxylic acids is 1. The van der Waals surface area contributed by atoms with Gasteiger partial charge < -0.3 is 10.6 Å². The number of alkyl halides is 3. The van der Waals surface area contributed by atoms with Crippen molar-refractivity contribution in [3.05, 3.63) is 0 Å². The van der Waals surface area contributed by atoms with Gasteiger partial charge >= 0.3 is 6.18 Å². The molecule has 0 aliphatic carbocycles. The van der Waals surface area contributed by atoms with Crippen LogP contribution < -0.4 is 10.6 Å². The van der Waals surface area contributed by atoms with Crippen molar-refractivity contribution in [2.45, 2.75) is 38.9 Å². The Morgan fingerprint density at radius 1 is 1.40 bits per heavy atom. The van der Waals surface area contributed by atoms with Crippen LogP contribution in [0.1, 0.15) is 26.7 Å². The van der Waals surface area contributed by atoms with Gasteiger partial charge in [0.1, 0.15) is 6.54 Å². The zero-order valence-electron chi connectivity index (χ0n) is 12.1. The van der Waals surface area contributed by atoms with Crippen LogP contribution in [-0.2, 0) is 4.79 Å². The molecule has 1 saturated heterocycles. The van der Waals surface area contributed by atoms with Crippen molar-refractivity contribution in [3.63, 3.8) is 0 Å².